The van der Waals surface area contributed by atoms with Crippen molar-refractivity contribution in [2.24, 2.45) is 5.92 Å². The number of anilines is 2. The number of carbonyl (C=O) groups is 2. The van der Waals surface area contributed by atoms with Crippen LogP contribution in [0.4, 0.5) is 11.4 Å². The van der Waals surface area contributed by atoms with Gasteiger partial charge in [-0.25, -0.2) is 4.79 Å². The van der Waals surface area contributed by atoms with Crippen molar-refractivity contribution in [1.82, 2.24) is 4.98 Å². The zero-order chi connectivity index (χ0) is 18.3. The number of H-pyrrole nitrogens is 1. The average Bonchev–Trinajstić information content (AvgIpc) is 3.17. The van der Waals surface area contributed by atoms with Crippen LogP contribution in [0, 0.1) is 5.92 Å². The SMILES string of the molecule is O=C(Nc1ccc2oc(=O)[nH]c2c1)C1CC(=O)N(c2ccccc2Cl)C1. The first-order valence-electron chi connectivity index (χ1n) is 8.00. The Kier molecular flexibility index (Phi) is 4.00. The van der Waals surface area contributed by atoms with E-state index in [1.807, 2.05) is 0 Å². The van der Waals surface area contributed by atoms with Crippen LogP contribution in [-0.2, 0) is 9.59 Å². The fourth-order valence-corrected chi connectivity index (χ4v) is 3.30. The summed E-state index contributed by atoms with van der Waals surface area (Å²) in [4.78, 5) is 40.1. The molecule has 0 spiro atoms. The summed E-state index contributed by atoms with van der Waals surface area (Å²) in [6.07, 6.45) is 0.113. The van der Waals surface area contributed by atoms with E-state index < -0.39 is 11.7 Å². The van der Waals surface area contributed by atoms with Crippen LogP contribution in [0.3, 0.4) is 0 Å². The number of oxazole rings is 1. The number of nitrogens with zero attached hydrogens (tertiary/aromatic N) is 1. The maximum atomic E-state index is 12.5. The molecule has 2 aromatic carbocycles. The van der Waals surface area contributed by atoms with E-state index in [1.54, 1.807) is 42.5 Å². The highest BCUT2D eigenvalue weighted by atomic mass is 35.5. The summed E-state index contributed by atoms with van der Waals surface area (Å²) in [5.41, 5.74) is 2.02. The Hall–Kier alpha value is -3.06. The minimum absolute atomic E-state index is 0.113. The second-order valence-corrected chi connectivity index (χ2v) is 6.48. The highest BCUT2D eigenvalue weighted by Gasteiger charge is 2.35. The second-order valence-electron chi connectivity index (χ2n) is 6.07. The first-order valence-corrected chi connectivity index (χ1v) is 8.38. The van der Waals surface area contributed by atoms with Crippen LogP contribution < -0.4 is 16.0 Å². The maximum Gasteiger partial charge on any atom is 0.417 e. The van der Waals surface area contributed by atoms with E-state index in [2.05, 4.69) is 10.3 Å². The van der Waals surface area contributed by atoms with Crippen LogP contribution in [-0.4, -0.2) is 23.3 Å². The Labute approximate surface area is 152 Å². The number of fused-ring (bicyclic) bond motifs is 1. The maximum absolute atomic E-state index is 12.5. The summed E-state index contributed by atoms with van der Waals surface area (Å²) >= 11 is 6.15. The van der Waals surface area contributed by atoms with E-state index in [-0.39, 0.29) is 24.8 Å². The smallest absolute Gasteiger partial charge is 0.408 e. The Balaban J connectivity index is 1.50. The largest absolute Gasteiger partial charge is 0.417 e. The molecule has 1 atom stereocenters. The molecule has 1 unspecified atom stereocenters. The Bertz CT molecular complexity index is 1070. The summed E-state index contributed by atoms with van der Waals surface area (Å²) in [5.74, 6) is -1.45. The normalized spacial score (nSPS) is 17.0. The van der Waals surface area contributed by atoms with Gasteiger partial charge >= 0.3 is 5.76 Å². The monoisotopic (exact) mass is 371 g/mol. The Morgan fingerprint density at radius 3 is 2.85 bits per heavy atom. The molecule has 0 radical (unpaired) electrons. The average molecular weight is 372 g/mol. The predicted octanol–water partition coefficient (Wildman–Crippen LogP) is 2.77. The van der Waals surface area contributed by atoms with Crippen molar-refractivity contribution in [2.75, 3.05) is 16.8 Å². The summed E-state index contributed by atoms with van der Waals surface area (Å²) < 4.78 is 4.93. The van der Waals surface area contributed by atoms with Crippen molar-refractivity contribution in [3.8, 4) is 0 Å². The van der Waals surface area contributed by atoms with E-state index in [1.165, 1.54) is 4.90 Å². The van der Waals surface area contributed by atoms with Gasteiger partial charge in [-0.2, -0.15) is 0 Å². The van der Waals surface area contributed by atoms with Gasteiger partial charge < -0.3 is 14.6 Å². The number of nitrogens with one attached hydrogen (secondary N) is 2. The molecule has 8 heteroatoms. The second kappa shape index (κ2) is 6.34. The molecule has 3 aromatic rings. The first-order chi connectivity index (χ1) is 12.5. The van der Waals surface area contributed by atoms with Crippen LogP contribution in [0.2, 0.25) is 5.02 Å². The number of aromatic amines is 1. The molecule has 0 aliphatic carbocycles. The van der Waals surface area contributed by atoms with Gasteiger partial charge in [-0.05, 0) is 30.3 Å². The van der Waals surface area contributed by atoms with Crippen LogP contribution in [0.15, 0.2) is 51.7 Å². The zero-order valence-corrected chi connectivity index (χ0v) is 14.2. The molecule has 2 N–H and O–H groups in total. The number of hydrogen-bond donors (Lipinski definition) is 2. The van der Waals surface area contributed by atoms with Gasteiger partial charge in [0.2, 0.25) is 11.8 Å². The molecule has 2 heterocycles. The highest BCUT2D eigenvalue weighted by molar-refractivity contribution is 6.33. The third-order valence-electron chi connectivity index (χ3n) is 4.33. The third-order valence-corrected chi connectivity index (χ3v) is 4.65. The molecule has 2 amide bonds. The van der Waals surface area contributed by atoms with Crippen molar-refractivity contribution in [2.45, 2.75) is 6.42 Å². The molecule has 1 aliphatic heterocycles. The summed E-state index contributed by atoms with van der Waals surface area (Å²) in [6, 6.07) is 11.9. The lowest BCUT2D eigenvalue weighted by Crippen LogP contribution is -2.28. The van der Waals surface area contributed by atoms with Gasteiger partial charge in [0.15, 0.2) is 5.58 Å². The summed E-state index contributed by atoms with van der Waals surface area (Å²) in [5, 5.41) is 3.25. The van der Waals surface area contributed by atoms with E-state index in [0.29, 0.717) is 27.5 Å². The fraction of sp³-hybridized carbons (Fsp3) is 0.167. The van der Waals surface area contributed by atoms with Gasteiger partial charge in [0.05, 0.1) is 22.1 Å². The minimum Gasteiger partial charge on any atom is -0.408 e. The summed E-state index contributed by atoms with van der Waals surface area (Å²) in [7, 11) is 0. The third kappa shape index (κ3) is 2.97. The standard InChI is InChI=1S/C18H14ClN3O4/c19-12-3-1-2-4-14(12)22-9-10(7-16(22)23)17(24)20-11-5-6-15-13(8-11)21-18(25)26-15/h1-6,8,10H,7,9H2,(H,20,24)(H,21,25). The number of rotatable bonds is 3. The topological polar surface area (TPSA) is 95.4 Å². The molecule has 7 nitrogen and oxygen atoms in total. The lowest BCUT2D eigenvalue weighted by Gasteiger charge is -2.18. The van der Waals surface area contributed by atoms with Crippen molar-refractivity contribution in [1.29, 1.82) is 0 Å². The molecule has 0 bridgehead atoms. The van der Waals surface area contributed by atoms with E-state index in [0.717, 1.165) is 0 Å². The van der Waals surface area contributed by atoms with Crippen LogP contribution in [0.25, 0.3) is 11.1 Å². The van der Waals surface area contributed by atoms with Gasteiger partial charge in [-0.1, -0.05) is 23.7 Å². The van der Waals surface area contributed by atoms with Gasteiger partial charge in [0.1, 0.15) is 0 Å². The Morgan fingerprint density at radius 2 is 2.04 bits per heavy atom. The van der Waals surface area contributed by atoms with E-state index in [9.17, 15) is 14.4 Å². The lowest BCUT2D eigenvalue weighted by atomic mass is 10.1. The number of para-hydroxylation sites is 1. The quantitative estimate of drug-likeness (QED) is 0.740. The molecule has 1 aliphatic rings. The molecular formula is C18H14ClN3O4. The number of aromatic nitrogens is 1. The predicted molar refractivity (Wildman–Crippen MR) is 97.4 cm³/mol. The Morgan fingerprint density at radius 1 is 1.23 bits per heavy atom. The number of amides is 2. The fourth-order valence-electron chi connectivity index (χ4n) is 3.06. The van der Waals surface area contributed by atoms with Crippen molar-refractivity contribution < 1.29 is 14.0 Å². The summed E-state index contributed by atoms with van der Waals surface area (Å²) in [6.45, 7) is 0.263. The highest BCUT2D eigenvalue weighted by Crippen LogP contribution is 2.31. The molecular weight excluding hydrogens is 358 g/mol. The lowest BCUT2D eigenvalue weighted by molar-refractivity contribution is -0.122. The van der Waals surface area contributed by atoms with Crippen LogP contribution in [0.1, 0.15) is 6.42 Å². The molecule has 4 rings (SSSR count). The number of carbonyl (C=O) groups excluding carboxylic acids is 2. The molecule has 0 saturated carbocycles. The van der Waals surface area contributed by atoms with E-state index in [4.69, 9.17) is 16.0 Å². The van der Waals surface area contributed by atoms with Gasteiger partial charge in [0.25, 0.3) is 0 Å². The minimum atomic E-state index is -0.555. The van der Waals surface area contributed by atoms with Crippen molar-refractivity contribution in [3.05, 3.63) is 58.0 Å². The molecule has 1 fully saturated rings. The van der Waals surface area contributed by atoms with Gasteiger partial charge in [0, 0.05) is 18.7 Å². The number of hydrogen-bond acceptors (Lipinski definition) is 4. The number of halogens is 1. The van der Waals surface area contributed by atoms with Crippen LogP contribution >= 0.6 is 11.6 Å². The van der Waals surface area contributed by atoms with Gasteiger partial charge in [-0.15, -0.1) is 0 Å². The van der Waals surface area contributed by atoms with Crippen LogP contribution in [0.5, 0.6) is 0 Å². The number of benzene rings is 2. The molecule has 1 aromatic heterocycles. The molecule has 26 heavy (non-hydrogen) atoms. The molecule has 132 valence electrons. The van der Waals surface area contributed by atoms with Gasteiger partial charge in [-0.3, -0.25) is 14.6 Å². The zero-order valence-electron chi connectivity index (χ0n) is 13.5. The van der Waals surface area contributed by atoms with Crippen molar-refractivity contribution in [3.63, 3.8) is 0 Å². The first kappa shape index (κ1) is 16.4. The molecule has 1 saturated heterocycles. The van der Waals surface area contributed by atoms with E-state index >= 15 is 0 Å². The van der Waals surface area contributed by atoms with Crippen molar-refractivity contribution >= 4 is 45.9 Å².